The molecule has 1 aliphatic heterocycles. The molecule has 10 nitrogen and oxygen atoms in total. The van der Waals surface area contributed by atoms with Crippen molar-refractivity contribution in [1.82, 2.24) is 14.6 Å². The Hall–Kier alpha value is -2.66. The van der Waals surface area contributed by atoms with Gasteiger partial charge < -0.3 is 19.5 Å². The van der Waals surface area contributed by atoms with Crippen molar-refractivity contribution in [1.29, 1.82) is 0 Å². The number of esters is 1. The first kappa shape index (κ1) is 24.0. The third-order valence-corrected chi connectivity index (χ3v) is 7.10. The number of hydrogen-bond donors (Lipinski definition) is 1. The molecule has 1 aromatic rings. The molecule has 176 valence electrons. The molecule has 0 bridgehead atoms. The van der Waals surface area contributed by atoms with Crippen LogP contribution in [-0.2, 0) is 24.3 Å². The molecule has 2 aliphatic rings. The summed E-state index contributed by atoms with van der Waals surface area (Å²) in [6.07, 6.45) is 0.692. The molecule has 3 rings (SSSR count). The number of alkyl carbamates (subject to hydrolysis) is 1. The van der Waals surface area contributed by atoms with Gasteiger partial charge in [0.25, 0.3) is 0 Å². The van der Waals surface area contributed by atoms with Crippen LogP contribution in [0, 0.1) is 17.8 Å². The number of carbonyl (C=O) groups excluding carboxylic acids is 2. The fourth-order valence-corrected chi connectivity index (χ4v) is 5.12. The Kier molecular flexibility index (Phi) is 6.80. The summed E-state index contributed by atoms with van der Waals surface area (Å²) in [6, 6.07) is 2.90. The third kappa shape index (κ3) is 5.57. The Bertz CT molecular complexity index is 974. The van der Waals surface area contributed by atoms with Crippen LogP contribution in [0.15, 0.2) is 35.4 Å². The normalized spacial score (nSPS) is 22.6. The van der Waals surface area contributed by atoms with Crippen LogP contribution >= 0.6 is 0 Å². The van der Waals surface area contributed by atoms with Crippen LogP contribution in [0.3, 0.4) is 0 Å². The number of piperidine rings is 1. The van der Waals surface area contributed by atoms with Crippen molar-refractivity contribution in [3.63, 3.8) is 0 Å². The van der Waals surface area contributed by atoms with Crippen LogP contribution in [0.2, 0.25) is 0 Å². The molecule has 0 radical (unpaired) electrons. The quantitative estimate of drug-likeness (QED) is 0.451. The third-order valence-electron chi connectivity index (χ3n) is 5.29. The molecular formula is C21H29N3O7S. The summed E-state index contributed by atoms with van der Waals surface area (Å²) >= 11 is 0. The van der Waals surface area contributed by atoms with E-state index in [1.165, 1.54) is 29.7 Å². The Morgan fingerprint density at radius 3 is 2.44 bits per heavy atom. The van der Waals surface area contributed by atoms with Gasteiger partial charge in [0, 0.05) is 25.7 Å². The molecule has 11 heteroatoms. The summed E-state index contributed by atoms with van der Waals surface area (Å²) < 4.78 is 42.5. The molecule has 1 aromatic heterocycles. The predicted octanol–water partition coefficient (Wildman–Crippen LogP) is 1.58. The van der Waals surface area contributed by atoms with Gasteiger partial charge in [-0.3, -0.25) is 4.79 Å². The first-order valence-electron chi connectivity index (χ1n) is 10.2. The van der Waals surface area contributed by atoms with Gasteiger partial charge in [0.15, 0.2) is 0 Å². The number of nitrogens with one attached hydrogen (secondary N) is 1. The molecule has 3 atom stereocenters. The highest BCUT2D eigenvalue weighted by Gasteiger charge is 2.62. The fourth-order valence-electron chi connectivity index (χ4n) is 3.66. The van der Waals surface area contributed by atoms with E-state index in [0.717, 1.165) is 0 Å². The second-order valence-corrected chi connectivity index (χ2v) is 10.9. The second kappa shape index (κ2) is 9.07. The van der Waals surface area contributed by atoms with Crippen molar-refractivity contribution < 1.29 is 32.2 Å². The lowest BCUT2D eigenvalue weighted by Gasteiger charge is -2.20. The Morgan fingerprint density at radius 2 is 1.91 bits per heavy atom. The Morgan fingerprint density at radius 1 is 1.25 bits per heavy atom. The molecule has 2 fully saturated rings. The van der Waals surface area contributed by atoms with Crippen LogP contribution < -0.4 is 10.1 Å². The molecular weight excluding hydrogens is 438 g/mol. The molecule has 0 unspecified atom stereocenters. The molecule has 1 N–H and O–H groups in total. The van der Waals surface area contributed by atoms with Crippen molar-refractivity contribution in [2.75, 3.05) is 33.4 Å². The van der Waals surface area contributed by atoms with E-state index in [-0.39, 0.29) is 47.7 Å². The number of aromatic nitrogens is 1. The minimum Gasteiger partial charge on any atom is -0.473 e. The van der Waals surface area contributed by atoms with E-state index in [4.69, 9.17) is 14.2 Å². The smallest absolute Gasteiger partial charge is 0.407 e. The lowest BCUT2D eigenvalue weighted by Crippen LogP contribution is -2.34. The van der Waals surface area contributed by atoms with Crippen LogP contribution in [-0.4, -0.2) is 68.7 Å². The van der Waals surface area contributed by atoms with Crippen molar-refractivity contribution in [2.24, 2.45) is 17.8 Å². The summed E-state index contributed by atoms with van der Waals surface area (Å²) in [6.45, 7) is 10.0. The molecule has 1 saturated carbocycles. The minimum atomic E-state index is -3.69. The van der Waals surface area contributed by atoms with Crippen molar-refractivity contribution in [3.05, 3.63) is 30.5 Å². The predicted molar refractivity (Wildman–Crippen MR) is 114 cm³/mol. The number of pyridine rings is 1. The van der Waals surface area contributed by atoms with Crippen molar-refractivity contribution in [2.45, 2.75) is 31.3 Å². The van der Waals surface area contributed by atoms with Gasteiger partial charge in [-0.25, -0.2) is 18.2 Å². The first-order valence-corrected chi connectivity index (χ1v) is 11.7. The fraction of sp³-hybridized carbons (Fsp3) is 0.571. The van der Waals surface area contributed by atoms with Crippen molar-refractivity contribution >= 4 is 22.1 Å². The number of methoxy groups -OCH3 is 1. The van der Waals surface area contributed by atoms with Gasteiger partial charge in [-0.05, 0) is 44.2 Å². The molecule has 2 heterocycles. The number of rotatable bonds is 8. The number of amides is 1. The second-order valence-electron chi connectivity index (χ2n) is 8.92. The Labute approximate surface area is 188 Å². The van der Waals surface area contributed by atoms with E-state index in [0.29, 0.717) is 18.7 Å². The summed E-state index contributed by atoms with van der Waals surface area (Å²) in [5.41, 5.74) is -0.00208. The zero-order chi connectivity index (χ0) is 23.7. The maximum atomic E-state index is 12.8. The SMILES string of the molecule is C=C(CNC(=O)OC(C)(C)C)COc1ccc(S(=O)(=O)N2C[C@@H]3[C@H](C2)[C@H]3C(=O)OC)cn1. The van der Waals surface area contributed by atoms with Gasteiger partial charge in [-0.15, -0.1) is 0 Å². The largest absolute Gasteiger partial charge is 0.473 e. The molecule has 1 saturated heterocycles. The molecule has 32 heavy (non-hydrogen) atoms. The van der Waals surface area contributed by atoms with Gasteiger partial charge in [0.05, 0.1) is 19.2 Å². The molecule has 1 aliphatic carbocycles. The zero-order valence-electron chi connectivity index (χ0n) is 18.7. The lowest BCUT2D eigenvalue weighted by atomic mass is 10.2. The van der Waals surface area contributed by atoms with Crippen LogP contribution in [0.25, 0.3) is 0 Å². The van der Waals surface area contributed by atoms with E-state index in [1.807, 2.05) is 0 Å². The first-order chi connectivity index (χ1) is 14.9. The van der Waals surface area contributed by atoms with Crippen LogP contribution in [0.5, 0.6) is 5.88 Å². The minimum absolute atomic E-state index is 0.0214. The topological polar surface area (TPSA) is 124 Å². The van der Waals surface area contributed by atoms with E-state index in [9.17, 15) is 18.0 Å². The summed E-state index contributed by atoms with van der Waals surface area (Å²) in [5.74, 6) is -0.195. The maximum absolute atomic E-state index is 12.8. The number of fused-ring (bicyclic) bond motifs is 1. The van der Waals surface area contributed by atoms with E-state index < -0.39 is 21.7 Å². The average Bonchev–Trinajstić information content (AvgIpc) is 3.21. The van der Waals surface area contributed by atoms with E-state index >= 15 is 0 Å². The number of nitrogens with zero attached hydrogens (tertiary/aromatic N) is 2. The van der Waals surface area contributed by atoms with E-state index in [2.05, 4.69) is 16.9 Å². The zero-order valence-corrected chi connectivity index (χ0v) is 19.5. The molecule has 0 spiro atoms. The molecule has 1 amide bonds. The number of hydrogen-bond acceptors (Lipinski definition) is 8. The van der Waals surface area contributed by atoms with Gasteiger partial charge in [-0.2, -0.15) is 4.31 Å². The van der Waals surface area contributed by atoms with E-state index in [1.54, 1.807) is 20.8 Å². The lowest BCUT2D eigenvalue weighted by molar-refractivity contribution is -0.143. The van der Waals surface area contributed by atoms with Crippen LogP contribution in [0.1, 0.15) is 20.8 Å². The number of sulfonamides is 1. The average molecular weight is 468 g/mol. The molecule has 0 aromatic carbocycles. The van der Waals surface area contributed by atoms with Crippen LogP contribution in [0.4, 0.5) is 4.79 Å². The number of ether oxygens (including phenoxy) is 3. The highest BCUT2D eigenvalue weighted by molar-refractivity contribution is 7.89. The van der Waals surface area contributed by atoms with Gasteiger partial charge in [0.2, 0.25) is 15.9 Å². The maximum Gasteiger partial charge on any atom is 0.407 e. The summed E-state index contributed by atoms with van der Waals surface area (Å²) in [5, 5.41) is 2.58. The van der Waals surface area contributed by atoms with Gasteiger partial charge in [-0.1, -0.05) is 6.58 Å². The number of carbonyl (C=O) groups is 2. The summed E-state index contributed by atoms with van der Waals surface area (Å²) in [4.78, 5) is 27.4. The van der Waals surface area contributed by atoms with Gasteiger partial charge in [0.1, 0.15) is 17.1 Å². The highest BCUT2D eigenvalue weighted by Crippen LogP contribution is 2.53. The van der Waals surface area contributed by atoms with Gasteiger partial charge >= 0.3 is 12.1 Å². The van der Waals surface area contributed by atoms with Crippen molar-refractivity contribution in [3.8, 4) is 5.88 Å². The Balaban J connectivity index is 1.46. The standard InChI is InChI=1S/C21H29N3O7S/c1-13(8-23-20(26)31-21(2,3)4)12-30-17-7-6-14(9-22-17)32(27,28)24-10-15-16(11-24)18(15)19(25)29-5/h6-7,9,15-16,18H,1,8,10-12H2,2-5H3,(H,23,26)/t15-,16+,18+. The highest BCUT2D eigenvalue weighted by atomic mass is 32.2. The summed E-state index contributed by atoms with van der Waals surface area (Å²) in [7, 11) is -2.35. The monoisotopic (exact) mass is 467 g/mol.